The van der Waals surface area contributed by atoms with Crippen LogP contribution in [0.15, 0.2) is 22.7 Å². The highest BCUT2D eigenvalue weighted by atomic mass is 19.1. The van der Waals surface area contributed by atoms with Crippen LogP contribution in [0.4, 0.5) is 14.5 Å². The summed E-state index contributed by atoms with van der Waals surface area (Å²) in [5.41, 5.74) is -0.101. The van der Waals surface area contributed by atoms with E-state index in [0.717, 1.165) is 11.0 Å². The van der Waals surface area contributed by atoms with Crippen molar-refractivity contribution in [2.45, 2.75) is 13.5 Å². The van der Waals surface area contributed by atoms with Crippen LogP contribution in [-0.4, -0.2) is 16.8 Å². The second-order valence-electron chi connectivity index (χ2n) is 4.43. The monoisotopic (exact) mass is 278 g/mol. The molecule has 2 aromatic rings. The smallest absolute Gasteiger partial charge is 0.299 e. The number of amides is 1. The number of carbonyl (C=O) groups excluding carboxylic acids is 2. The Morgan fingerprint density at radius 3 is 2.65 bits per heavy atom. The average Bonchev–Trinajstić information content (AvgIpc) is 2.87. The lowest BCUT2D eigenvalue weighted by Crippen LogP contribution is -2.29. The number of rotatable bonds is 2. The van der Waals surface area contributed by atoms with Crippen LogP contribution in [0.2, 0.25) is 0 Å². The predicted molar refractivity (Wildman–Crippen MR) is 63.1 cm³/mol. The zero-order chi connectivity index (χ0) is 14.4. The maximum atomic E-state index is 13.6. The van der Waals surface area contributed by atoms with Crippen LogP contribution < -0.4 is 4.90 Å². The summed E-state index contributed by atoms with van der Waals surface area (Å²) < 4.78 is 31.7. The molecule has 20 heavy (non-hydrogen) atoms. The minimum atomic E-state index is -1.04. The Bertz CT molecular complexity index is 739. The number of nitrogens with zero attached hydrogens (tertiary/aromatic N) is 2. The molecule has 1 aliphatic heterocycles. The van der Waals surface area contributed by atoms with E-state index in [-0.39, 0.29) is 12.2 Å². The maximum Gasteiger partial charge on any atom is 0.299 e. The lowest BCUT2D eigenvalue weighted by Gasteiger charge is -2.14. The van der Waals surface area contributed by atoms with Crippen molar-refractivity contribution in [2.24, 2.45) is 0 Å². The minimum absolute atomic E-state index is 0.0850. The molecule has 0 saturated heterocycles. The van der Waals surface area contributed by atoms with Crippen LogP contribution in [-0.2, 0) is 11.3 Å². The molecule has 1 aromatic carbocycles. The third-order valence-electron chi connectivity index (χ3n) is 2.99. The minimum Gasteiger partial charge on any atom is -0.361 e. The fourth-order valence-corrected chi connectivity index (χ4v) is 2.15. The third kappa shape index (κ3) is 1.78. The van der Waals surface area contributed by atoms with E-state index >= 15 is 0 Å². The first-order valence-corrected chi connectivity index (χ1v) is 5.75. The summed E-state index contributed by atoms with van der Waals surface area (Å²) in [5.74, 6) is -3.27. The lowest BCUT2D eigenvalue weighted by molar-refractivity contribution is -0.114. The first-order valence-electron chi connectivity index (χ1n) is 5.75. The molecule has 1 aliphatic rings. The van der Waals surface area contributed by atoms with Crippen molar-refractivity contribution in [1.82, 2.24) is 5.16 Å². The van der Waals surface area contributed by atoms with Gasteiger partial charge in [-0.25, -0.2) is 8.78 Å². The number of fused-ring (bicyclic) bond motifs is 1. The molecular weight excluding hydrogens is 270 g/mol. The molecule has 0 fully saturated rings. The Balaban J connectivity index is 2.06. The Labute approximate surface area is 111 Å². The van der Waals surface area contributed by atoms with E-state index in [1.165, 1.54) is 0 Å². The van der Waals surface area contributed by atoms with Gasteiger partial charge in [-0.15, -0.1) is 0 Å². The standard InChI is InChI=1S/C13H8F2N2O3/c1-6-2-8(16-20-6)5-17-10-4-7(14)3-9(15)11(10)12(18)13(17)19/h2-4H,5H2,1H3. The largest absolute Gasteiger partial charge is 0.361 e. The SMILES string of the molecule is Cc1cc(CN2C(=O)C(=O)c3c(F)cc(F)cc32)no1. The van der Waals surface area contributed by atoms with Gasteiger partial charge in [-0.1, -0.05) is 5.16 Å². The van der Waals surface area contributed by atoms with Gasteiger partial charge >= 0.3 is 0 Å². The summed E-state index contributed by atoms with van der Waals surface area (Å²) >= 11 is 0. The summed E-state index contributed by atoms with van der Waals surface area (Å²) in [7, 11) is 0. The number of aryl methyl sites for hydroxylation is 1. The van der Waals surface area contributed by atoms with Crippen molar-refractivity contribution in [3.05, 3.63) is 46.9 Å². The van der Waals surface area contributed by atoms with E-state index < -0.39 is 28.9 Å². The van der Waals surface area contributed by atoms with Gasteiger partial charge in [0.25, 0.3) is 11.7 Å². The molecule has 102 valence electrons. The molecule has 3 rings (SSSR count). The molecule has 2 heterocycles. The highest BCUT2D eigenvalue weighted by Gasteiger charge is 2.39. The molecule has 1 aromatic heterocycles. The molecule has 0 unspecified atom stereocenters. The third-order valence-corrected chi connectivity index (χ3v) is 2.99. The van der Waals surface area contributed by atoms with Gasteiger partial charge in [0.15, 0.2) is 0 Å². The molecule has 0 spiro atoms. The topological polar surface area (TPSA) is 63.4 Å². The Morgan fingerprint density at radius 2 is 2.00 bits per heavy atom. The molecular formula is C13H8F2N2O3. The molecule has 0 saturated carbocycles. The van der Waals surface area contributed by atoms with E-state index in [1.54, 1.807) is 13.0 Å². The van der Waals surface area contributed by atoms with Crippen LogP contribution in [0.1, 0.15) is 21.8 Å². The summed E-state index contributed by atoms with van der Waals surface area (Å²) in [6.07, 6.45) is 0. The van der Waals surface area contributed by atoms with E-state index in [4.69, 9.17) is 4.52 Å². The van der Waals surface area contributed by atoms with Gasteiger partial charge in [0.2, 0.25) is 0 Å². The second kappa shape index (κ2) is 4.22. The number of benzene rings is 1. The van der Waals surface area contributed by atoms with Gasteiger partial charge in [-0.2, -0.15) is 0 Å². The maximum absolute atomic E-state index is 13.6. The molecule has 0 bridgehead atoms. The molecule has 0 radical (unpaired) electrons. The van der Waals surface area contributed by atoms with Crippen molar-refractivity contribution in [2.75, 3.05) is 4.90 Å². The fourth-order valence-electron chi connectivity index (χ4n) is 2.15. The van der Waals surface area contributed by atoms with Crippen LogP contribution in [0.3, 0.4) is 0 Å². The quantitative estimate of drug-likeness (QED) is 0.788. The molecule has 1 amide bonds. The number of aromatic nitrogens is 1. The van der Waals surface area contributed by atoms with Gasteiger partial charge in [0, 0.05) is 12.1 Å². The average molecular weight is 278 g/mol. The number of halogens is 2. The summed E-state index contributed by atoms with van der Waals surface area (Å²) in [5, 5.41) is 3.69. The first kappa shape index (κ1) is 12.5. The Kier molecular flexibility index (Phi) is 2.63. The Hall–Kier alpha value is -2.57. The van der Waals surface area contributed by atoms with Crippen molar-refractivity contribution < 1.29 is 22.9 Å². The first-order chi connectivity index (χ1) is 9.47. The fraction of sp³-hybridized carbons (Fsp3) is 0.154. The van der Waals surface area contributed by atoms with E-state index in [9.17, 15) is 18.4 Å². The van der Waals surface area contributed by atoms with Gasteiger partial charge in [0.1, 0.15) is 23.1 Å². The van der Waals surface area contributed by atoms with Crippen LogP contribution in [0, 0.1) is 18.6 Å². The van der Waals surface area contributed by atoms with Crippen LogP contribution in [0.25, 0.3) is 0 Å². The normalized spacial score (nSPS) is 14.1. The molecule has 0 N–H and O–H groups in total. The summed E-state index contributed by atoms with van der Waals surface area (Å²) in [6, 6.07) is 3.10. The predicted octanol–water partition coefficient (Wildman–Crippen LogP) is 1.99. The molecule has 5 nitrogen and oxygen atoms in total. The number of ketones is 1. The van der Waals surface area contributed by atoms with Gasteiger partial charge < -0.3 is 4.52 Å². The van der Waals surface area contributed by atoms with E-state index in [2.05, 4.69) is 5.16 Å². The zero-order valence-electron chi connectivity index (χ0n) is 10.3. The lowest BCUT2D eigenvalue weighted by atomic mass is 10.1. The van der Waals surface area contributed by atoms with Gasteiger partial charge in [-0.05, 0) is 13.0 Å². The number of hydrogen-bond donors (Lipinski definition) is 0. The van der Waals surface area contributed by atoms with Crippen LogP contribution in [0.5, 0.6) is 0 Å². The zero-order valence-corrected chi connectivity index (χ0v) is 10.3. The highest BCUT2D eigenvalue weighted by Crippen LogP contribution is 2.33. The molecule has 0 atom stereocenters. The van der Waals surface area contributed by atoms with E-state index in [0.29, 0.717) is 17.5 Å². The molecule has 7 heteroatoms. The van der Waals surface area contributed by atoms with Crippen molar-refractivity contribution in [3.8, 4) is 0 Å². The molecule has 0 aliphatic carbocycles. The van der Waals surface area contributed by atoms with E-state index in [1.807, 2.05) is 0 Å². The van der Waals surface area contributed by atoms with Gasteiger partial charge in [0.05, 0.1) is 17.8 Å². The van der Waals surface area contributed by atoms with Crippen LogP contribution >= 0.6 is 0 Å². The number of carbonyl (C=O) groups is 2. The van der Waals surface area contributed by atoms with Gasteiger partial charge in [-0.3, -0.25) is 14.5 Å². The van der Waals surface area contributed by atoms with Crippen molar-refractivity contribution >= 4 is 17.4 Å². The Morgan fingerprint density at radius 1 is 1.25 bits per heavy atom. The number of hydrogen-bond acceptors (Lipinski definition) is 4. The van der Waals surface area contributed by atoms with Crippen molar-refractivity contribution in [1.29, 1.82) is 0 Å². The number of anilines is 1. The summed E-state index contributed by atoms with van der Waals surface area (Å²) in [4.78, 5) is 24.6. The highest BCUT2D eigenvalue weighted by molar-refractivity contribution is 6.52. The second-order valence-corrected chi connectivity index (χ2v) is 4.43. The summed E-state index contributed by atoms with van der Waals surface area (Å²) in [6.45, 7) is 1.58. The van der Waals surface area contributed by atoms with Crippen molar-refractivity contribution in [3.63, 3.8) is 0 Å². The number of Topliss-reactive ketones (excluding diaryl/α,β-unsaturated/α-hetero) is 1.